The van der Waals surface area contributed by atoms with E-state index in [1.54, 1.807) is 22.7 Å². The Morgan fingerprint density at radius 2 is 1.88 bits per heavy atom. The highest BCUT2D eigenvalue weighted by Crippen LogP contribution is 2.39. The van der Waals surface area contributed by atoms with Crippen LogP contribution in [-0.2, 0) is 7.05 Å². The standard InChI is InChI=1S/C19H20FN3O2/c1-22-16-11-15(19(24)25)21-23(16)18(12-5-3-2-4-6-12)17(22)13-7-9-14(20)10-8-13/h7-12H,2-6H2,1H3,(H,24,25). The predicted molar refractivity (Wildman–Crippen MR) is 92.3 cm³/mol. The molecule has 0 saturated heterocycles. The van der Waals surface area contributed by atoms with Crippen LogP contribution in [-0.4, -0.2) is 25.3 Å². The molecule has 3 aromatic rings. The molecule has 1 saturated carbocycles. The second-order valence-electron chi connectivity index (χ2n) is 6.74. The lowest BCUT2D eigenvalue weighted by atomic mass is 9.85. The van der Waals surface area contributed by atoms with Crippen LogP contribution in [0.15, 0.2) is 30.3 Å². The number of halogens is 1. The number of aryl methyl sites for hydroxylation is 1. The van der Waals surface area contributed by atoms with Crippen molar-refractivity contribution >= 4 is 11.6 Å². The SMILES string of the molecule is Cn1c(-c2ccc(F)cc2)c(C2CCCCC2)n2nc(C(=O)O)cc12. The van der Waals surface area contributed by atoms with Crippen molar-refractivity contribution in [2.75, 3.05) is 0 Å². The summed E-state index contributed by atoms with van der Waals surface area (Å²) in [5.74, 6) is -0.962. The van der Waals surface area contributed by atoms with Crippen molar-refractivity contribution in [3.05, 3.63) is 47.5 Å². The number of carbonyl (C=O) groups is 1. The van der Waals surface area contributed by atoms with Crippen LogP contribution in [0.1, 0.15) is 54.2 Å². The van der Waals surface area contributed by atoms with E-state index in [0.29, 0.717) is 5.92 Å². The maximum atomic E-state index is 13.4. The zero-order valence-corrected chi connectivity index (χ0v) is 14.1. The molecule has 130 valence electrons. The number of imidazole rings is 1. The summed E-state index contributed by atoms with van der Waals surface area (Å²) in [7, 11) is 1.91. The van der Waals surface area contributed by atoms with E-state index < -0.39 is 5.97 Å². The summed E-state index contributed by atoms with van der Waals surface area (Å²) in [6, 6.07) is 8.06. The van der Waals surface area contributed by atoms with Gasteiger partial charge in [0.2, 0.25) is 0 Å². The fourth-order valence-corrected chi connectivity index (χ4v) is 3.97. The van der Waals surface area contributed by atoms with Crippen LogP contribution in [0.4, 0.5) is 4.39 Å². The molecular weight excluding hydrogens is 321 g/mol. The largest absolute Gasteiger partial charge is 0.476 e. The van der Waals surface area contributed by atoms with Crippen LogP contribution in [0.5, 0.6) is 0 Å². The van der Waals surface area contributed by atoms with E-state index >= 15 is 0 Å². The van der Waals surface area contributed by atoms with Gasteiger partial charge in [0.15, 0.2) is 5.69 Å². The van der Waals surface area contributed by atoms with Crippen molar-refractivity contribution in [3.63, 3.8) is 0 Å². The summed E-state index contributed by atoms with van der Waals surface area (Å²) in [5, 5.41) is 13.6. The number of carboxylic acid groups (broad SMARTS) is 1. The zero-order chi connectivity index (χ0) is 17.6. The molecule has 0 atom stereocenters. The lowest BCUT2D eigenvalue weighted by Crippen LogP contribution is -2.10. The molecule has 2 heterocycles. The number of hydrogen-bond acceptors (Lipinski definition) is 2. The molecule has 1 aromatic carbocycles. The van der Waals surface area contributed by atoms with Crippen molar-refractivity contribution in [1.29, 1.82) is 0 Å². The topological polar surface area (TPSA) is 59.5 Å². The third kappa shape index (κ3) is 2.62. The minimum Gasteiger partial charge on any atom is -0.476 e. The second-order valence-corrected chi connectivity index (χ2v) is 6.74. The molecule has 1 fully saturated rings. The summed E-state index contributed by atoms with van der Waals surface area (Å²) in [4.78, 5) is 11.3. The van der Waals surface area contributed by atoms with Crippen LogP contribution in [0.3, 0.4) is 0 Å². The molecule has 25 heavy (non-hydrogen) atoms. The molecule has 0 spiro atoms. The lowest BCUT2D eigenvalue weighted by Gasteiger charge is -2.22. The van der Waals surface area contributed by atoms with E-state index in [9.17, 15) is 14.3 Å². The van der Waals surface area contributed by atoms with Gasteiger partial charge in [0, 0.05) is 24.6 Å². The summed E-state index contributed by atoms with van der Waals surface area (Å²) < 4.78 is 17.1. The molecule has 0 amide bonds. The van der Waals surface area contributed by atoms with E-state index in [2.05, 4.69) is 5.10 Å². The summed E-state index contributed by atoms with van der Waals surface area (Å²) in [6.07, 6.45) is 5.69. The minimum atomic E-state index is -1.03. The van der Waals surface area contributed by atoms with Gasteiger partial charge in [-0.25, -0.2) is 13.7 Å². The quantitative estimate of drug-likeness (QED) is 0.776. The molecule has 1 aliphatic carbocycles. The van der Waals surface area contributed by atoms with E-state index in [-0.39, 0.29) is 11.5 Å². The Hall–Kier alpha value is -2.63. The highest BCUT2D eigenvalue weighted by molar-refractivity contribution is 5.87. The third-order valence-electron chi connectivity index (χ3n) is 5.17. The number of nitrogens with zero attached hydrogens (tertiary/aromatic N) is 3. The molecular formula is C19H20FN3O2. The Labute approximate surface area is 144 Å². The average molecular weight is 341 g/mol. The molecule has 0 bridgehead atoms. The summed E-state index contributed by atoms with van der Waals surface area (Å²) in [6.45, 7) is 0. The van der Waals surface area contributed by atoms with Crippen molar-refractivity contribution < 1.29 is 14.3 Å². The van der Waals surface area contributed by atoms with Crippen LogP contribution in [0, 0.1) is 5.82 Å². The first kappa shape index (κ1) is 15.9. The molecule has 0 unspecified atom stereocenters. The Bertz CT molecular complexity index is 934. The van der Waals surface area contributed by atoms with Crippen molar-refractivity contribution in [2.24, 2.45) is 7.05 Å². The fraction of sp³-hybridized carbons (Fsp3) is 0.368. The van der Waals surface area contributed by atoms with Crippen LogP contribution < -0.4 is 0 Å². The first-order chi connectivity index (χ1) is 12.1. The Morgan fingerprint density at radius 3 is 2.52 bits per heavy atom. The number of aromatic carboxylic acids is 1. The minimum absolute atomic E-state index is 0.0494. The van der Waals surface area contributed by atoms with Gasteiger partial charge in [-0.1, -0.05) is 19.3 Å². The molecule has 1 N–H and O–H groups in total. The van der Waals surface area contributed by atoms with Gasteiger partial charge < -0.3 is 9.67 Å². The average Bonchev–Trinajstić information content (AvgIpc) is 3.15. The van der Waals surface area contributed by atoms with Gasteiger partial charge in [-0.3, -0.25) is 0 Å². The van der Waals surface area contributed by atoms with Gasteiger partial charge in [-0.2, -0.15) is 5.10 Å². The third-order valence-corrected chi connectivity index (χ3v) is 5.17. The van der Waals surface area contributed by atoms with Crippen molar-refractivity contribution in [2.45, 2.75) is 38.0 Å². The number of carboxylic acids is 1. The Morgan fingerprint density at radius 1 is 1.20 bits per heavy atom. The molecule has 5 nitrogen and oxygen atoms in total. The first-order valence-electron chi connectivity index (χ1n) is 8.64. The van der Waals surface area contributed by atoms with Gasteiger partial charge in [0.25, 0.3) is 0 Å². The monoisotopic (exact) mass is 341 g/mol. The van der Waals surface area contributed by atoms with E-state index in [1.165, 1.54) is 18.6 Å². The van der Waals surface area contributed by atoms with Gasteiger partial charge in [-0.05, 0) is 37.1 Å². The van der Waals surface area contributed by atoms with E-state index in [0.717, 1.165) is 48.3 Å². The molecule has 0 aliphatic heterocycles. The van der Waals surface area contributed by atoms with E-state index in [4.69, 9.17) is 0 Å². The van der Waals surface area contributed by atoms with Crippen molar-refractivity contribution in [3.8, 4) is 11.3 Å². The first-order valence-corrected chi connectivity index (χ1v) is 8.64. The summed E-state index contributed by atoms with van der Waals surface area (Å²) >= 11 is 0. The Kier molecular flexibility index (Phi) is 3.82. The molecule has 6 heteroatoms. The molecule has 0 radical (unpaired) electrons. The Balaban J connectivity index is 1.96. The number of fused-ring (bicyclic) bond motifs is 1. The zero-order valence-electron chi connectivity index (χ0n) is 14.1. The van der Waals surface area contributed by atoms with Gasteiger partial charge in [-0.15, -0.1) is 0 Å². The molecule has 4 rings (SSSR count). The fourth-order valence-electron chi connectivity index (χ4n) is 3.97. The molecule has 2 aromatic heterocycles. The van der Waals surface area contributed by atoms with Crippen molar-refractivity contribution in [1.82, 2.24) is 14.2 Å². The second kappa shape index (κ2) is 6.02. The normalized spacial score (nSPS) is 15.8. The number of aromatic nitrogens is 3. The highest BCUT2D eigenvalue weighted by atomic mass is 19.1. The van der Waals surface area contributed by atoms with Crippen LogP contribution >= 0.6 is 0 Å². The van der Waals surface area contributed by atoms with Gasteiger partial charge in [0.05, 0.1) is 11.4 Å². The van der Waals surface area contributed by atoms with Gasteiger partial charge >= 0.3 is 5.97 Å². The van der Waals surface area contributed by atoms with E-state index in [1.807, 2.05) is 11.6 Å². The smallest absolute Gasteiger partial charge is 0.356 e. The van der Waals surface area contributed by atoms with Crippen LogP contribution in [0.2, 0.25) is 0 Å². The number of hydrogen-bond donors (Lipinski definition) is 1. The van der Waals surface area contributed by atoms with Gasteiger partial charge in [0.1, 0.15) is 11.5 Å². The number of benzene rings is 1. The van der Waals surface area contributed by atoms with Crippen LogP contribution in [0.25, 0.3) is 16.9 Å². The number of rotatable bonds is 3. The maximum absolute atomic E-state index is 13.4. The highest BCUT2D eigenvalue weighted by Gasteiger charge is 2.27. The molecule has 1 aliphatic rings. The maximum Gasteiger partial charge on any atom is 0.356 e. The summed E-state index contributed by atoms with van der Waals surface area (Å²) in [5.41, 5.74) is 3.75. The predicted octanol–water partition coefficient (Wildman–Crippen LogP) is 4.22. The lowest BCUT2D eigenvalue weighted by molar-refractivity contribution is 0.0690.